The fourth-order valence-corrected chi connectivity index (χ4v) is 3.08. The minimum Gasteiger partial charge on any atom is -0.392 e. The van der Waals surface area contributed by atoms with E-state index in [1.165, 1.54) is 0 Å². The minimum atomic E-state index is -0.780. The van der Waals surface area contributed by atoms with Crippen molar-refractivity contribution in [2.45, 2.75) is 30.7 Å². The maximum absolute atomic E-state index is 10.7. The first-order valence-electron chi connectivity index (χ1n) is 6.47. The van der Waals surface area contributed by atoms with Gasteiger partial charge < -0.3 is 33.8 Å². The molecular weight excluding hydrogens is 296 g/mol. The van der Waals surface area contributed by atoms with Crippen molar-refractivity contribution in [2.75, 3.05) is 33.7 Å². The Balaban J connectivity index is 2.99. The smallest absolute Gasteiger partial charge is 0.187 e. The highest BCUT2D eigenvalue weighted by molar-refractivity contribution is 7.92. The number of rotatable bonds is 8. The van der Waals surface area contributed by atoms with Gasteiger partial charge in [0.15, 0.2) is 6.29 Å². The second kappa shape index (κ2) is 9.38. The summed E-state index contributed by atoms with van der Waals surface area (Å²) in [7, 11) is 3.92. The lowest BCUT2D eigenvalue weighted by molar-refractivity contribution is -0.301. The zero-order valence-electron chi connectivity index (χ0n) is 12.7. The number of hydrogen-bond donors (Lipinski definition) is 0. The fourth-order valence-electron chi connectivity index (χ4n) is 2.34. The maximum Gasteiger partial charge on any atom is 0.187 e. The van der Waals surface area contributed by atoms with E-state index in [0.29, 0.717) is 12.4 Å². The van der Waals surface area contributed by atoms with E-state index in [-0.39, 0.29) is 18.3 Å². The molecule has 1 aliphatic rings. The van der Waals surface area contributed by atoms with Gasteiger partial charge in [-0.1, -0.05) is 11.8 Å². The van der Waals surface area contributed by atoms with Gasteiger partial charge in [-0.05, 0) is 5.23 Å². The van der Waals surface area contributed by atoms with Gasteiger partial charge in [-0.15, -0.1) is 6.58 Å². The molecule has 1 saturated heterocycles. The van der Waals surface area contributed by atoms with Gasteiger partial charge in [0.05, 0.1) is 12.7 Å². The molecule has 0 amide bonds. The highest BCUT2D eigenvalue weighted by atomic mass is 32.2. The first kappa shape index (κ1) is 18.4. The summed E-state index contributed by atoms with van der Waals surface area (Å²) < 4.78 is 27.9. The highest BCUT2D eigenvalue weighted by Crippen LogP contribution is 2.28. The third kappa shape index (κ3) is 4.66. The fraction of sp³-hybridized carbons (Fsp3) is 0.714. The third-order valence-electron chi connectivity index (χ3n) is 3.27. The van der Waals surface area contributed by atoms with Gasteiger partial charge in [0.25, 0.3) is 0 Å². The van der Waals surface area contributed by atoms with Crippen LogP contribution in [0.3, 0.4) is 0 Å². The summed E-state index contributed by atoms with van der Waals surface area (Å²) in [5.74, 6) is 4.13. The summed E-state index contributed by atoms with van der Waals surface area (Å²) in [5, 5.41) is 1.87. The van der Waals surface area contributed by atoms with Crippen LogP contribution in [0.15, 0.2) is 12.7 Å². The normalized spacial score (nSPS) is 32.9. The SMILES string of the molecule is C=CCOC1OC(C[S-](=C)=C=O)[C@@H](OC)C(OC)C1OC. The molecular formula is C14H23O6S-. The average molecular weight is 319 g/mol. The van der Waals surface area contributed by atoms with Crippen molar-refractivity contribution in [2.24, 2.45) is 0 Å². The van der Waals surface area contributed by atoms with Crippen molar-refractivity contribution >= 4 is 21.2 Å². The second-order valence-corrected chi connectivity index (χ2v) is 5.99. The van der Waals surface area contributed by atoms with Crippen LogP contribution >= 0.6 is 0 Å². The van der Waals surface area contributed by atoms with Gasteiger partial charge in [0, 0.05) is 21.3 Å². The molecule has 0 aliphatic carbocycles. The maximum atomic E-state index is 10.7. The number of carbonyl (C=O) groups excluding carboxylic acids is 1. The van der Waals surface area contributed by atoms with Crippen LogP contribution in [0.1, 0.15) is 0 Å². The summed E-state index contributed by atoms with van der Waals surface area (Å²) in [6.45, 7) is 3.93. The van der Waals surface area contributed by atoms with Gasteiger partial charge in [-0.2, -0.15) is 0 Å². The average Bonchev–Trinajstić information content (AvgIpc) is 2.51. The molecule has 5 atom stereocenters. The standard InChI is InChI=1S/C14H23O6S/c1-6-7-19-14-13(18-4)12(17-3)11(16-2)10(20-14)8-21(5)9-15/h6,10-14H,1,5,7-8H2,2-4H3/q-1/t10?,11-,12?,13?,14?/m1/s1. The second-order valence-electron chi connectivity index (χ2n) is 4.51. The van der Waals surface area contributed by atoms with Crippen LogP contribution in [0.25, 0.3) is 0 Å². The number of ether oxygens (including phenoxy) is 5. The Bertz CT molecular complexity index is 427. The molecule has 0 aromatic heterocycles. The molecule has 7 heteroatoms. The molecule has 0 radical (unpaired) electrons. The van der Waals surface area contributed by atoms with E-state index in [1.807, 2.05) is 5.23 Å². The Hall–Kier alpha value is -0.660. The Morgan fingerprint density at radius 2 is 1.81 bits per heavy atom. The summed E-state index contributed by atoms with van der Waals surface area (Å²) in [6, 6.07) is 0. The van der Waals surface area contributed by atoms with E-state index in [1.54, 1.807) is 27.4 Å². The summed E-state index contributed by atoms with van der Waals surface area (Å²) in [6.07, 6.45) is -0.587. The summed E-state index contributed by atoms with van der Waals surface area (Å²) in [5.41, 5.74) is 0. The Kier molecular flexibility index (Phi) is 8.21. The topological polar surface area (TPSA) is 63.2 Å². The molecule has 1 rings (SSSR count). The molecule has 6 nitrogen and oxygen atoms in total. The largest absolute Gasteiger partial charge is 0.392 e. The molecule has 0 spiro atoms. The lowest BCUT2D eigenvalue weighted by atomic mass is 9.99. The van der Waals surface area contributed by atoms with Crippen molar-refractivity contribution in [3.63, 3.8) is 0 Å². The van der Waals surface area contributed by atoms with Crippen LogP contribution in [-0.4, -0.2) is 75.5 Å². The number of methoxy groups -OCH3 is 3. The van der Waals surface area contributed by atoms with Crippen LogP contribution in [0, 0.1) is 0 Å². The van der Waals surface area contributed by atoms with Crippen LogP contribution in [0.5, 0.6) is 0 Å². The molecule has 4 unspecified atom stereocenters. The zero-order chi connectivity index (χ0) is 15.8. The quantitative estimate of drug-likeness (QED) is 0.359. The predicted octanol–water partition coefficient (Wildman–Crippen LogP) is 0.0764. The summed E-state index contributed by atoms with van der Waals surface area (Å²) >= 11 is 0. The monoisotopic (exact) mass is 319 g/mol. The van der Waals surface area contributed by atoms with Gasteiger partial charge in [0.1, 0.15) is 18.3 Å². The van der Waals surface area contributed by atoms with Crippen molar-refractivity contribution in [3.05, 3.63) is 12.7 Å². The van der Waals surface area contributed by atoms with E-state index >= 15 is 0 Å². The van der Waals surface area contributed by atoms with Crippen LogP contribution < -0.4 is 0 Å². The number of hydrogen-bond acceptors (Lipinski definition) is 7. The molecule has 21 heavy (non-hydrogen) atoms. The van der Waals surface area contributed by atoms with Gasteiger partial charge in [-0.3, -0.25) is 4.79 Å². The Labute approximate surface area is 127 Å². The molecule has 122 valence electrons. The van der Waals surface area contributed by atoms with Crippen molar-refractivity contribution in [1.29, 1.82) is 0 Å². The summed E-state index contributed by atoms with van der Waals surface area (Å²) in [4.78, 5) is 10.7. The van der Waals surface area contributed by atoms with E-state index in [9.17, 15) is 4.79 Å². The van der Waals surface area contributed by atoms with Crippen molar-refractivity contribution < 1.29 is 28.5 Å². The van der Waals surface area contributed by atoms with Crippen molar-refractivity contribution in [3.8, 4) is 0 Å². The first-order chi connectivity index (χ1) is 10.1. The Morgan fingerprint density at radius 1 is 1.19 bits per heavy atom. The zero-order valence-corrected chi connectivity index (χ0v) is 13.5. The molecule has 1 fully saturated rings. The molecule has 1 heterocycles. The van der Waals surface area contributed by atoms with Crippen LogP contribution in [-0.2, 0) is 38.6 Å². The molecule has 0 N–H and O–H groups in total. The molecule has 0 aromatic carbocycles. The molecule has 0 aromatic rings. The first-order valence-corrected chi connectivity index (χ1v) is 8.03. The lowest BCUT2D eigenvalue weighted by Crippen LogP contribution is -2.61. The molecule has 0 saturated carbocycles. The van der Waals surface area contributed by atoms with Crippen LogP contribution in [0.4, 0.5) is 0 Å². The van der Waals surface area contributed by atoms with Crippen molar-refractivity contribution in [1.82, 2.24) is 0 Å². The van der Waals surface area contributed by atoms with E-state index in [4.69, 9.17) is 23.7 Å². The predicted molar refractivity (Wildman–Crippen MR) is 82.2 cm³/mol. The van der Waals surface area contributed by atoms with E-state index < -0.39 is 22.5 Å². The van der Waals surface area contributed by atoms with E-state index in [0.717, 1.165) is 0 Å². The van der Waals surface area contributed by atoms with Gasteiger partial charge >= 0.3 is 0 Å². The molecule has 0 bridgehead atoms. The lowest BCUT2D eigenvalue weighted by Gasteiger charge is -2.45. The third-order valence-corrected chi connectivity index (χ3v) is 4.24. The van der Waals surface area contributed by atoms with Gasteiger partial charge in [0.2, 0.25) is 0 Å². The minimum absolute atomic E-state index is 0.321. The Morgan fingerprint density at radius 3 is 2.29 bits per heavy atom. The highest BCUT2D eigenvalue weighted by Gasteiger charge is 2.46. The molecule has 1 aliphatic heterocycles. The van der Waals surface area contributed by atoms with Crippen LogP contribution in [0.2, 0.25) is 0 Å². The van der Waals surface area contributed by atoms with E-state index in [2.05, 4.69) is 12.4 Å². The van der Waals surface area contributed by atoms with Gasteiger partial charge in [-0.25, -0.2) is 5.87 Å².